The summed E-state index contributed by atoms with van der Waals surface area (Å²) in [5, 5.41) is 0. The summed E-state index contributed by atoms with van der Waals surface area (Å²) in [4.78, 5) is 87.9. The summed E-state index contributed by atoms with van der Waals surface area (Å²) in [6.07, 6.45) is 31.0. The second-order valence-corrected chi connectivity index (χ2v) is 33.2. The number of hydrogen-bond donors (Lipinski definition) is 0. The van der Waals surface area contributed by atoms with Gasteiger partial charge < -0.3 is 103 Å². The number of aromatic nitrogens is 13. The number of halogens is 6. The summed E-state index contributed by atoms with van der Waals surface area (Å²) in [6, 6.07) is 78.2. The molecule has 17 heterocycles. The largest absolute Gasteiger partial charge is 0.508 e. The van der Waals surface area contributed by atoms with E-state index in [4.69, 9.17) is 0 Å². The van der Waals surface area contributed by atoms with Crippen molar-refractivity contribution in [3.8, 4) is 0 Å². The Balaban J connectivity index is 0.000000134. The molecule has 0 spiro atoms. The van der Waals surface area contributed by atoms with Crippen LogP contribution in [0, 0.1) is 150 Å². The third-order valence-electron chi connectivity index (χ3n) is 23.7. The Morgan fingerprint density at radius 2 is 0.490 bits per heavy atom. The second-order valence-electron chi connectivity index (χ2n) is 33.2. The second kappa shape index (κ2) is 50.2. The first-order valence-corrected chi connectivity index (χ1v) is 46.1. The molecule has 23 rings (SSSR count). The molecule has 0 saturated carbocycles. The monoisotopic (exact) mass is 2510 g/mol. The predicted octanol–water partition coefficient (Wildman–Crippen LogP) is 19.4. The van der Waals surface area contributed by atoms with E-state index in [1.807, 2.05) is 119 Å². The number of allylic oxidation sites excluding steroid dienone is 4. The van der Waals surface area contributed by atoms with Crippen LogP contribution in [0.2, 0.25) is 0 Å². The van der Waals surface area contributed by atoms with Crippen molar-refractivity contribution in [2.45, 2.75) is 66.2 Å². The molecule has 9 aliphatic rings. The average Bonchev–Trinajstić information content (AvgIpc) is 1.65. The van der Waals surface area contributed by atoms with E-state index in [1.165, 1.54) is 74.7 Å². The smallest absolute Gasteiger partial charge is 0.144 e. The predicted molar refractivity (Wildman–Crippen MR) is 540 cm³/mol. The van der Waals surface area contributed by atoms with Crippen molar-refractivity contribution in [3.05, 3.63) is 424 Å². The van der Waals surface area contributed by atoms with Gasteiger partial charge in [-0.1, -0.05) is 0 Å². The summed E-state index contributed by atoms with van der Waals surface area (Å²) in [6.45, 7) is 32.1. The van der Waals surface area contributed by atoms with Gasteiger partial charge in [0.1, 0.15) is 76.0 Å². The number of rotatable bonds is 24. The molecule has 6 aromatic carbocycles. The van der Waals surface area contributed by atoms with Gasteiger partial charge in [-0.25, -0.2) is 49.8 Å². The van der Waals surface area contributed by atoms with Crippen molar-refractivity contribution in [1.29, 1.82) is 0 Å². The number of fused-ring (bicyclic) bond motifs is 5. The molecule has 40 heteroatoms. The van der Waals surface area contributed by atoms with Crippen LogP contribution in [0.3, 0.4) is 0 Å². The van der Waals surface area contributed by atoms with E-state index in [9.17, 15) is 26.3 Å². The van der Waals surface area contributed by atoms with Gasteiger partial charge in [-0.05, 0) is 180 Å². The minimum Gasteiger partial charge on any atom is -0.508 e. The van der Waals surface area contributed by atoms with Crippen molar-refractivity contribution in [1.82, 2.24) is 84.4 Å². The maximum absolute atomic E-state index is 13.6. The molecule has 0 saturated heterocycles. The fourth-order valence-electron chi connectivity index (χ4n) is 16.3. The molecule has 8 aromatic heterocycles. The molecule has 765 valence electrons. The number of unbranched alkanes of at least 4 members (excludes halogenated alkanes) is 3. The molecular formula is C107H95F6Ir3N31-18. The van der Waals surface area contributed by atoms with Gasteiger partial charge in [0.15, 0.2) is 0 Å². The molecule has 3 radical (unpaired) electrons. The fourth-order valence-corrected chi connectivity index (χ4v) is 16.3. The summed E-state index contributed by atoms with van der Waals surface area (Å²) >= 11 is 0. The number of hydrogen-bond acceptors (Lipinski definition) is 31. The molecule has 0 bridgehead atoms. The van der Waals surface area contributed by atoms with Crippen LogP contribution in [0.1, 0.15) is 66.2 Å². The van der Waals surface area contributed by atoms with Crippen molar-refractivity contribution in [2.24, 2.45) is 0 Å². The first-order chi connectivity index (χ1) is 70.3. The molecule has 0 aliphatic carbocycles. The molecular weight excluding hydrogens is 2410 g/mol. The minimum absolute atomic E-state index is 0. The number of para-hydroxylation sites is 6. The molecule has 9 aliphatic heterocycles. The molecule has 0 fully saturated rings. The molecule has 14 aromatic rings. The molecule has 0 atom stereocenters. The fraction of sp³-hybridized carbons (Fsp3) is 0.178. The molecule has 0 N–H and O–H groups in total. The topological polar surface area (TPSA) is 226 Å². The maximum Gasteiger partial charge on any atom is 0.144 e. The van der Waals surface area contributed by atoms with Crippen molar-refractivity contribution in [2.75, 3.05) is 129 Å². The van der Waals surface area contributed by atoms with Gasteiger partial charge in [-0.3, -0.25) is 26.3 Å². The van der Waals surface area contributed by atoms with Crippen LogP contribution in [0.25, 0.3) is 0 Å². The van der Waals surface area contributed by atoms with Gasteiger partial charge in [0.25, 0.3) is 0 Å². The van der Waals surface area contributed by atoms with Gasteiger partial charge >= 0.3 is 0 Å². The summed E-state index contributed by atoms with van der Waals surface area (Å²) in [5.74, 6) is 0.899. The SMILES string of the molecule is CC1=C(C)N(c2[c-]cccc2)[CH-]N1CCCCN1[CH-]N(c2[c-]cccc2)C(C)=C1C.CN1[CH-]N(c2[c-]cc(F)nc2F)c2nccnc21.CN1[CH-]N(c2[c-]cc(F)nc2F)c2nccnc21.CN1[CH-]N(c2[c-]cc(F)nc2F)c2nccnc21.[Ir].[Ir].[Ir].[c-]1ccccc1N1C=CN(CCCCN2C=CN(c3[c-]cccc3)[CH-]2)[CH-]1.[c-]1ccccc1N1[CH-]N(CCCCN2[CH-]N(c3[c-]cccc3)c3nccnc32)c2nccnc21. The number of pyridine rings is 3. The Labute approximate surface area is 892 Å². The van der Waals surface area contributed by atoms with Crippen LogP contribution >= 0.6 is 0 Å². The van der Waals surface area contributed by atoms with Crippen LogP contribution in [0.5, 0.6) is 0 Å². The van der Waals surface area contributed by atoms with E-state index in [0.29, 0.717) is 34.9 Å². The van der Waals surface area contributed by atoms with Gasteiger partial charge in [0.05, 0.1) is 17.8 Å². The first-order valence-electron chi connectivity index (χ1n) is 46.1. The van der Waals surface area contributed by atoms with Gasteiger partial charge in [0.2, 0.25) is 0 Å². The Morgan fingerprint density at radius 1 is 0.245 bits per heavy atom. The third-order valence-corrected chi connectivity index (χ3v) is 23.7. The molecule has 31 nitrogen and oxygen atoms in total. The van der Waals surface area contributed by atoms with E-state index in [2.05, 4.69) is 297 Å². The Bertz CT molecular complexity index is 6300. The van der Waals surface area contributed by atoms with Crippen LogP contribution in [0.15, 0.2) is 273 Å². The molecule has 0 amide bonds. The molecule has 147 heavy (non-hydrogen) atoms. The van der Waals surface area contributed by atoms with Crippen LogP contribution in [0.4, 0.5) is 136 Å². The minimum atomic E-state index is -0.946. The first kappa shape index (κ1) is 106. The van der Waals surface area contributed by atoms with E-state index < -0.39 is 35.7 Å². The average molecular weight is 2510 g/mol. The van der Waals surface area contributed by atoms with Gasteiger partial charge in [0, 0.05) is 134 Å². The van der Waals surface area contributed by atoms with Crippen LogP contribution < -0.4 is 68.6 Å². The van der Waals surface area contributed by atoms with E-state index in [0.717, 1.165) is 153 Å². The normalized spacial score (nSPS) is 14.8. The maximum atomic E-state index is 13.6. The summed E-state index contributed by atoms with van der Waals surface area (Å²) < 4.78 is 79.1. The summed E-state index contributed by atoms with van der Waals surface area (Å²) in [5.41, 5.74) is 11.4. The van der Waals surface area contributed by atoms with Crippen LogP contribution in [-0.2, 0) is 60.3 Å². The zero-order valence-corrected chi connectivity index (χ0v) is 87.7. The van der Waals surface area contributed by atoms with Crippen molar-refractivity contribution < 1.29 is 86.7 Å². The Hall–Kier alpha value is -14.9. The Kier molecular flexibility index (Phi) is 36.3. The number of benzene rings is 6. The van der Waals surface area contributed by atoms with E-state index in [1.54, 1.807) is 80.6 Å². The van der Waals surface area contributed by atoms with Crippen molar-refractivity contribution in [3.63, 3.8) is 0 Å². The zero-order chi connectivity index (χ0) is 99.5. The number of nitrogens with zero attached hydrogens (tertiary/aromatic N) is 31. The van der Waals surface area contributed by atoms with Gasteiger partial charge in [-0.2, -0.15) is 227 Å². The third kappa shape index (κ3) is 25.2. The standard InChI is InChI=1S/C26H22N8.C26H30N4.C22H22N4.3C11H7F2N5.3Ir/c1-3-9-21(10-4-1)33-19-31(23-25(33)29-15-13-27-23)17-7-8-18-32-20-34(22-11-5-2-6-12-22)26-24(32)28-14-16-30-26;1-21-23(3)29(25-13-7-5-8-14-25)19-27(21)17-11-12-18-28-20-30(24(4)22(28)2)26-15-9-6-10-16-26;1-3-9-21(10-4-1)25-17-15-23(19-25)13-7-8-14-24-16-18-26(20-24)22-11-5-2-6-12-22;3*1-17-6-18(11-10(17)14-4-5-15-11)7-2-3-8(12)16-9(7)13;;;/h1-6,9,11,13-16,19-20H,7-8,17-18H2;5-10,13,15,19-20H,11-12,17-18H2,1-4H3;1-6,9,11,15-20H,7-8,13-14H2;3*3-6H,1H3;;;/q3*-4;3*-2;;;. The van der Waals surface area contributed by atoms with E-state index in [-0.39, 0.29) is 77.4 Å². The molecule has 0 unspecified atom stereocenters. The van der Waals surface area contributed by atoms with Crippen molar-refractivity contribution >= 4 is 109 Å². The van der Waals surface area contributed by atoms with Crippen LogP contribution in [-0.4, -0.2) is 145 Å². The Morgan fingerprint density at radius 3 is 0.769 bits per heavy atom. The quantitative estimate of drug-likeness (QED) is 0.0237. The number of anilines is 19. The zero-order valence-electron chi connectivity index (χ0n) is 80.5. The van der Waals surface area contributed by atoms with E-state index >= 15 is 0 Å². The van der Waals surface area contributed by atoms with Gasteiger partial charge in [-0.15, -0.1) is 85.7 Å². The summed E-state index contributed by atoms with van der Waals surface area (Å²) in [7, 11) is 5.26.